The van der Waals surface area contributed by atoms with Gasteiger partial charge in [0.25, 0.3) is 0 Å². The number of methoxy groups -OCH3 is 1. The van der Waals surface area contributed by atoms with Crippen LogP contribution in [-0.2, 0) is 30.8 Å². The van der Waals surface area contributed by atoms with Crippen LogP contribution in [0.4, 0.5) is 5.69 Å². The molecule has 0 fully saturated rings. The number of fused-ring (bicyclic) bond motifs is 1. The number of hydrogen-bond donors (Lipinski definition) is 2. The van der Waals surface area contributed by atoms with E-state index in [0.717, 1.165) is 11.3 Å². The van der Waals surface area contributed by atoms with Gasteiger partial charge in [0.15, 0.2) is 0 Å². The van der Waals surface area contributed by atoms with Crippen molar-refractivity contribution < 1.29 is 22.7 Å². The van der Waals surface area contributed by atoms with Crippen LogP contribution >= 0.6 is 0 Å². The van der Waals surface area contributed by atoms with Gasteiger partial charge in [-0.05, 0) is 36.6 Å². The zero-order valence-corrected chi connectivity index (χ0v) is 15.2. The largest absolute Gasteiger partial charge is 0.385 e. The van der Waals surface area contributed by atoms with Crippen molar-refractivity contribution in [2.75, 3.05) is 38.3 Å². The van der Waals surface area contributed by atoms with Gasteiger partial charge in [0.05, 0.1) is 11.4 Å². The summed E-state index contributed by atoms with van der Waals surface area (Å²) in [6, 6.07) is 4.62. The van der Waals surface area contributed by atoms with E-state index in [1.165, 1.54) is 13.0 Å². The second kappa shape index (κ2) is 8.41. The Balaban J connectivity index is 1.96. The Bertz CT molecular complexity index is 748. The first kappa shape index (κ1) is 19.4. The lowest BCUT2D eigenvalue weighted by molar-refractivity contribution is -0.120. The molecule has 0 radical (unpaired) electrons. The molecule has 1 heterocycles. The fourth-order valence-corrected chi connectivity index (χ4v) is 3.66. The van der Waals surface area contributed by atoms with Gasteiger partial charge in [0.2, 0.25) is 21.8 Å². The normalized spacial score (nSPS) is 13.6. The number of nitrogens with one attached hydrogen (secondary N) is 2. The fraction of sp³-hybridized carbons (Fsp3) is 0.500. The Morgan fingerprint density at radius 1 is 1.32 bits per heavy atom. The summed E-state index contributed by atoms with van der Waals surface area (Å²) in [5, 5.41) is 2.61. The number of amides is 2. The van der Waals surface area contributed by atoms with Crippen molar-refractivity contribution in [1.82, 2.24) is 10.0 Å². The number of ether oxygens (including phenoxy) is 1. The van der Waals surface area contributed by atoms with Gasteiger partial charge in [-0.2, -0.15) is 0 Å². The third kappa shape index (κ3) is 5.00. The van der Waals surface area contributed by atoms with Crippen LogP contribution in [0, 0.1) is 0 Å². The number of benzene rings is 1. The molecule has 0 bridgehead atoms. The van der Waals surface area contributed by atoms with Crippen molar-refractivity contribution in [1.29, 1.82) is 0 Å². The highest BCUT2D eigenvalue weighted by Crippen LogP contribution is 2.30. The Labute approximate surface area is 147 Å². The molecular weight excluding hydrogens is 346 g/mol. The molecule has 25 heavy (non-hydrogen) atoms. The monoisotopic (exact) mass is 369 g/mol. The second-order valence-corrected chi connectivity index (χ2v) is 7.50. The summed E-state index contributed by atoms with van der Waals surface area (Å²) in [6.45, 7) is 2.65. The number of carbonyl (C=O) groups is 2. The number of sulfonamides is 1. The molecule has 138 valence electrons. The van der Waals surface area contributed by atoms with Crippen LogP contribution in [0.15, 0.2) is 23.1 Å². The molecule has 0 aromatic heterocycles. The first-order valence-corrected chi connectivity index (χ1v) is 9.50. The number of rotatable bonds is 8. The van der Waals surface area contributed by atoms with Crippen molar-refractivity contribution in [2.24, 2.45) is 0 Å². The van der Waals surface area contributed by atoms with E-state index in [4.69, 9.17) is 4.74 Å². The summed E-state index contributed by atoms with van der Waals surface area (Å²) in [4.78, 5) is 24.9. The maximum atomic E-state index is 12.3. The zero-order valence-electron chi connectivity index (χ0n) is 14.4. The van der Waals surface area contributed by atoms with Crippen molar-refractivity contribution in [3.8, 4) is 0 Å². The number of carbonyl (C=O) groups excluding carboxylic acids is 2. The predicted octanol–water partition coefficient (Wildman–Crippen LogP) is 0.0266. The van der Waals surface area contributed by atoms with E-state index < -0.39 is 15.9 Å². The highest BCUT2D eigenvalue weighted by molar-refractivity contribution is 7.89. The molecule has 2 N–H and O–H groups in total. The molecule has 8 nitrogen and oxygen atoms in total. The van der Waals surface area contributed by atoms with Crippen LogP contribution in [0.5, 0.6) is 0 Å². The fourth-order valence-electron chi connectivity index (χ4n) is 2.62. The van der Waals surface area contributed by atoms with Gasteiger partial charge < -0.3 is 15.0 Å². The number of nitrogens with zero attached hydrogens (tertiary/aromatic N) is 1. The van der Waals surface area contributed by atoms with Crippen molar-refractivity contribution in [3.63, 3.8) is 0 Å². The van der Waals surface area contributed by atoms with E-state index in [1.807, 2.05) is 0 Å². The first-order valence-electron chi connectivity index (χ1n) is 8.01. The predicted molar refractivity (Wildman–Crippen MR) is 92.9 cm³/mol. The maximum Gasteiger partial charge on any atom is 0.241 e. The molecule has 1 aliphatic rings. The molecule has 0 aliphatic carbocycles. The molecule has 2 amide bonds. The summed E-state index contributed by atoms with van der Waals surface area (Å²) in [7, 11) is -2.22. The summed E-state index contributed by atoms with van der Waals surface area (Å²) in [5.74, 6) is -0.471. The van der Waals surface area contributed by atoms with Crippen LogP contribution in [0.3, 0.4) is 0 Å². The Kier molecular flexibility index (Phi) is 6.51. The van der Waals surface area contributed by atoms with Crippen molar-refractivity contribution in [2.45, 2.75) is 24.7 Å². The van der Waals surface area contributed by atoms with E-state index in [1.54, 1.807) is 24.1 Å². The van der Waals surface area contributed by atoms with Gasteiger partial charge in [0, 0.05) is 39.4 Å². The summed E-state index contributed by atoms with van der Waals surface area (Å²) < 4.78 is 31.8. The van der Waals surface area contributed by atoms with Crippen LogP contribution in [0.1, 0.15) is 18.9 Å². The van der Waals surface area contributed by atoms with E-state index in [9.17, 15) is 18.0 Å². The highest BCUT2D eigenvalue weighted by atomic mass is 32.2. The lowest BCUT2D eigenvalue weighted by atomic mass is 10.2. The quantitative estimate of drug-likeness (QED) is 0.629. The third-order valence-electron chi connectivity index (χ3n) is 3.91. The summed E-state index contributed by atoms with van der Waals surface area (Å²) in [5.41, 5.74) is 1.55. The van der Waals surface area contributed by atoms with Gasteiger partial charge in [-0.25, -0.2) is 13.1 Å². The molecule has 0 unspecified atom stereocenters. The molecule has 1 aliphatic heterocycles. The molecule has 1 aromatic rings. The van der Waals surface area contributed by atoms with E-state index in [0.29, 0.717) is 32.5 Å². The van der Waals surface area contributed by atoms with Crippen LogP contribution in [0.2, 0.25) is 0 Å². The topological polar surface area (TPSA) is 105 Å². The summed E-state index contributed by atoms with van der Waals surface area (Å²) in [6.07, 6.45) is 1.27. The minimum atomic E-state index is -3.79. The number of hydrogen-bond acceptors (Lipinski definition) is 5. The average molecular weight is 369 g/mol. The minimum absolute atomic E-state index is 0.0716. The molecule has 0 saturated heterocycles. The van der Waals surface area contributed by atoms with Crippen LogP contribution in [-0.4, -0.2) is 53.6 Å². The average Bonchev–Trinajstić information content (AvgIpc) is 3.00. The van der Waals surface area contributed by atoms with Gasteiger partial charge in [0.1, 0.15) is 0 Å². The first-order chi connectivity index (χ1) is 11.8. The van der Waals surface area contributed by atoms with Gasteiger partial charge in [-0.15, -0.1) is 0 Å². The molecular formula is C16H23N3O5S. The highest BCUT2D eigenvalue weighted by Gasteiger charge is 2.24. The Morgan fingerprint density at radius 3 is 2.76 bits per heavy atom. The lowest BCUT2D eigenvalue weighted by Gasteiger charge is -2.15. The Hall–Kier alpha value is -1.97. The molecule has 9 heteroatoms. The second-order valence-electron chi connectivity index (χ2n) is 5.73. The lowest BCUT2D eigenvalue weighted by Crippen LogP contribution is -2.37. The molecule has 0 spiro atoms. The van der Waals surface area contributed by atoms with Crippen LogP contribution < -0.4 is 14.9 Å². The van der Waals surface area contributed by atoms with Gasteiger partial charge in [-0.1, -0.05) is 0 Å². The SMILES string of the molecule is COCCCNC(=O)CNS(=O)(=O)c1ccc2c(c1)CCN2C(C)=O. The summed E-state index contributed by atoms with van der Waals surface area (Å²) >= 11 is 0. The molecule has 2 rings (SSSR count). The van der Waals surface area contributed by atoms with Crippen molar-refractivity contribution in [3.05, 3.63) is 23.8 Å². The molecule has 1 aromatic carbocycles. The van der Waals surface area contributed by atoms with E-state index in [2.05, 4.69) is 10.0 Å². The van der Waals surface area contributed by atoms with E-state index in [-0.39, 0.29) is 17.3 Å². The molecule has 0 saturated carbocycles. The maximum absolute atomic E-state index is 12.3. The zero-order chi connectivity index (χ0) is 18.4. The van der Waals surface area contributed by atoms with Crippen LogP contribution in [0.25, 0.3) is 0 Å². The van der Waals surface area contributed by atoms with E-state index >= 15 is 0 Å². The smallest absolute Gasteiger partial charge is 0.241 e. The van der Waals surface area contributed by atoms with Gasteiger partial charge >= 0.3 is 0 Å². The number of anilines is 1. The Morgan fingerprint density at radius 2 is 2.08 bits per heavy atom. The van der Waals surface area contributed by atoms with Crippen molar-refractivity contribution >= 4 is 27.5 Å². The standard InChI is InChI=1S/C16H23N3O5S/c1-12(20)19-8-6-13-10-14(4-5-15(13)19)25(22,23)18-11-16(21)17-7-3-9-24-2/h4-5,10,18H,3,6-9,11H2,1-2H3,(H,17,21). The third-order valence-corrected chi connectivity index (χ3v) is 5.31. The molecule has 0 atom stereocenters. The minimum Gasteiger partial charge on any atom is -0.385 e. The van der Waals surface area contributed by atoms with Gasteiger partial charge in [-0.3, -0.25) is 9.59 Å².